The van der Waals surface area contributed by atoms with Crippen LogP contribution in [0.2, 0.25) is 0 Å². The van der Waals surface area contributed by atoms with Gasteiger partial charge in [0.15, 0.2) is 5.65 Å². The fourth-order valence-electron chi connectivity index (χ4n) is 4.36. The minimum atomic E-state index is 0.0290. The molecule has 1 amide bonds. The number of rotatable bonds is 1. The molecular formula is C17H17N3O2. The summed E-state index contributed by atoms with van der Waals surface area (Å²) in [5.74, 6) is 1.09. The Morgan fingerprint density at radius 2 is 1.91 bits per heavy atom. The first-order valence-corrected chi connectivity index (χ1v) is 7.96. The van der Waals surface area contributed by atoms with Gasteiger partial charge in [0.1, 0.15) is 5.69 Å². The second-order valence-electron chi connectivity index (χ2n) is 6.57. The molecule has 2 aromatic rings. The number of likely N-dealkylation sites (tertiary alicyclic amines) is 1. The summed E-state index contributed by atoms with van der Waals surface area (Å²) >= 11 is 0. The SMILES string of the molecule is O=C(c1ccc2cccnc2n1)N1C[C@@H]2[C@H](C1)[C@H]1CC[C@@H]2O1. The minimum Gasteiger partial charge on any atom is -0.374 e. The molecule has 2 aromatic heterocycles. The topological polar surface area (TPSA) is 55.3 Å². The van der Waals surface area contributed by atoms with Crippen molar-refractivity contribution in [2.75, 3.05) is 13.1 Å². The Morgan fingerprint density at radius 3 is 2.68 bits per heavy atom. The summed E-state index contributed by atoms with van der Waals surface area (Å²) in [5, 5.41) is 0.962. The van der Waals surface area contributed by atoms with Gasteiger partial charge in [0.25, 0.3) is 5.91 Å². The van der Waals surface area contributed by atoms with E-state index in [4.69, 9.17) is 4.74 Å². The number of carbonyl (C=O) groups excluding carboxylic acids is 1. The van der Waals surface area contributed by atoms with E-state index in [1.165, 1.54) is 0 Å². The Labute approximate surface area is 128 Å². The first-order chi connectivity index (χ1) is 10.8. The Bertz CT molecular complexity index is 744. The van der Waals surface area contributed by atoms with Gasteiger partial charge in [-0.3, -0.25) is 4.79 Å². The molecule has 22 heavy (non-hydrogen) atoms. The number of pyridine rings is 2. The first kappa shape index (κ1) is 12.5. The molecule has 5 heterocycles. The van der Waals surface area contributed by atoms with E-state index in [0.717, 1.165) is 31.3 Å². The van der Waals surface area contributed by atoms with Crippen molar-refractivity contribution >= 4 is 16.9 Å². The van der Waals surface area contributed by atoms with Gasteiger partial charge in [-0.1, -0.05) is 0 Å². The van der Waals surface area contributed by atoms with Crippen LogP contribution in [0.1, 0.15) is 23.3 Å². The normalized spacial score (nSPS) is 32.6. The standard InChI is InChI=1S/C17H17N3O2/c21-17(13-4-3-10-2-1-7-18-16(10)19-13)20-8-11-12(9-20)15-6-5-14(11)22-15/h1-4,7,11-12,14-15H,5-6,8-9H2/t11-,12+,14+,15-. The molecule has 0 unspecified atom stereocenters. The molecule has 0 radical (unpaired) electrons. The summed E-state index contributed by atoms with van der Waals surface area (Å²) in [6.07, 6.45) is 4.77. The van der Waals surface area contributed by atoms with Crippen molar-refractivity contribution in [2.45, 2.75) is 25.0 Å². The second-order valence-corrected chi connectivity index (χ2v) is 6.57. The fourth-order valence-corrected chi connectivity index (χ4v) is 4.36. The van der Waals surface area contributed by atoms with E-state index in [1.54, 1.807) is 6.20 Å². The van der Waals surface area contributed by atoms with Crippen LogP contribution in [0, 0.1) is 11.8 Å². The molecule has 3 aliphatic heterocycles. The number of hydrogen-bond acceptors (Lipinski definition) is 4. The summed E-state index contributed by atoms with van der Waals surface area (Å²) in [6.45, 7) is 1.62. The largest absolute Gasteiger partial charge is 0.374 e. The zero-order valence-electron chi connectivity index (χ0n) is 12.2. The maximum absolute atomic E-state index is 12.8. The zero-order chi connectivity index (χ0) is 14.7. The van der Waals surface area contributed by atoms with Gasteiger partial charge in [0, 0.05) is 36.5 Å². The lowest BCUT2D eigenvalue weighted by molar-refractivity contribution is 0.0591. The van der Waals surface area contributed by atoms with E-state index >= 15 is 0 Å². The highest BCUT2D eigenvalue weighted by Crippen LogP contribution is 2.47. The molecule has 0 aromatic carbocycles. The van der Waals surface area contributed by atoms with Crippen LogP contribution in [-0.2, 0) is 4.74 Å². The van der Waals surface area contributed by atoms with Gasteiger partial charge in [-0.25, -0.2) is 9.97 Å². The molecule has 4 atom stereocenters. The second kappa shape index (κ2) is 4.49. The van der Waals surface area contributed by atoms with Crippen LogP contribution >= 0.6 is 0 Å². The molecule has 5 rings (SSSR count). The van der Waals surface area contributed by atoms with Crippen molar-refractivity contribution in [3.8, 4) is 0 Å². The van der Waals surface area contributed by atoms with Crippen LogP contribution in [0.3, 0.4) is 0 Å². The molecule has 3 saturated heterocycles. The van der Waals surface area contributed by atoms with Crippen molar-refractivity contribution < 1.29 is 9.53 Å². The van der Waals surface area contributed by atoms with Crippen LogP contribution in [0.5, 0.6) is 0 Å². The van der Waals surface area contributed by atoms with Crippen molar-refractivity contribution in [3.63, 3.8) is 0 Å². The van der Waals surface area contributed by atoms with Crippen LogP contribution < -0.4 is 0 Å². The van der Waals surface area contributed by atoms with Crippen LogP contribution in [0.15, 0.2) is 30.5 Å². The summed E-state index contributed by atoms with van der Waals surface area (Å²) < 4.78 is 5.97. The number of fused-ring (bicyclic) bond motifs is 6. The number of hydrogen-bond donors (Lipinski definition) is 0. The molecule has 5 heteroatoms. The fraction of sp³-hybridized carbons (Fsp3) is 0.471. The molecule has 5 nitrogen and oxygen atoms in total. The number of amides is 1. The Kier molecular flexibility index (Phi) is 2.56. The maximum atomic E-state index is 12.8. The molecular weight excluding hydrogens is 278 g/mol. The highest BCUT2D eigenvalue weighted by Gasteiger charge is 2.53. The van der Waals surface area contributed by atoms with Gasteiger partial charge in [0.2, 0.25) is 0 Å². The number of aromatic nitrogens is 2. The Morgan fingerprint density at radius 1 is 1.14 bits per heavy atom. The van der Waals surface area contributed by atoms with Crippen molar-refractivity contribution in [3.05, 3.63) is 36.2 Å². The van der Waals surface area contributed by atoms with E-state index in [2.05, 4.69) is 9.97 Å². The smallest absolute Gasteiger partial charge is 0.272 e. The molecule has 0 aliphatic carbocycles. The summed E-state index contributed by atoms with van der Waals surface area (Å²) in [6, 6.07) is 7.57. The van der Waals surface area contributed by atoms with Crippen molar-refractivity contribution in [1.29, 1.82) is 0 Å². The number of carbonyl (C=O) groups is 1. The van der Waals surface area contributed by atoms with Gasteiger partial charge in [-0.05, 0) is 37.1 Å². The summed E-state index contributed by atoms with van der Waals surface area (Å²) in [7, 11) is 0. The van der Waals surface area contributed by atoms with Gasteiger partial charge in [0.05, 0.1) is 12.2 Å². The van der Waals surface area contributed by atoms with Crippen LogP contribution in [0.4, 0.5) is 0 Å². The first-order valence-electron chi connectivity index (χ1n) is 7.96. The average molecular weight is 295 g/mol. The highest BCUT2D eigenvalue weighted by atomic mass is 16.5. The maximum Gasteiger partial charge on any atom is 0.272 e. The number of ether oxygens (including phenoxy) is 1. The zero-order valence-corrected chi connectivity index (χ0v) is 12.2. The quantitative estimate of drug-likeness (QED) is 0.806. The average Bonchev–Trinajstić information content (AvgIpc) is 3.26. The predicted molar refractivity (Wildman–Crippen MR) is 80.3 cm³/mol. The van der Waals surface area contributed by atoms with Crippen molar-refractivity contribution in [2.24, 2.45) is 11.8 Å². The van der Waals surface area contributed by atoms with Gasteiger partial charge < -0.3 is 9.64 Å². The molecule has 112 valence electrons. The summed E-state index contributed by atoms with van der Waals surface area (Å²) in [5.41, 5.74) is 1.13. The van der Waals surface area contributed by atoms with Gasteiger partial charge in [-0.2, -0.15) is 0 Å². The van der Waals surface area contributed by atoms with Gasteiger partial charge >= 0.3 is 0 Å². The van der Waals surface area contributed by atoms with Crippen LogP contribution in [0.25, 0.3) is 11.0 Å². The van der Waals surface area contributed by atoms with Crippen molar-refractivity contribution in [1.82, 2.24) is 14.9 Å². The molecule has 2 bridgehead atoms. The summed E-state index contributed by atoms with van der Waals surface area (Å²) in [4.78, 5) is 23.4. The number of nitrogens with zero attached hydrogens (tertiary/aromatic N) is 3. The van der Waals surface area contributed by atoms with E-state index in [-0.39, 0.29) is 5.91 Å². The lowest BCUT2D eigenvalue weighted by Crippen LogP contribution is -2.32. The third kappa shape index (κ3) is 1.72. The monoisotopic (exact) mass is 295 g/mol. The van der Waals surface area contributed by atoms with E-state index in [9.17, 15) is 4.79 Å². The lowest BCUT2D eigenvalue weighted by Gasteiger charge is -2.18. The molecule has 0 saturated carbocycles. The molecule has 0 spiro atoms. The highest BCUT2D eigenvalue weighted by molar-refractivity contribution is 5.94. The lowest BCUT2D eigenvalue weighted by atomic mass is 9.82. The molecule has 3 fully saturated rings. The Hall–Kier alpha value is -2.01. The molecule has 3 aliphatic rings. The third-order valence-corrected chi connectivity index (χ3v) is 5.42. The van der Waals surface area contributed by atoms with Gasteiger partial charge in [-0.15, -0.1) is 0 Å². The van der Waals surface area contributed by atoms with E-state index in [1.807, 2.05) is 29.2 Å². The molecule has 0 N–H and O–H groups in total. The third-order valence-electron chi connectivity index (χ3n) is 5.42. The predicted octanol–water partition coefficient (Wildman–Crippen LogP) is 1.88. The minimum absolute atomic E-state index is 0.0290. The van der Waals surface area contributed by atoms with E-state index < -0.39 is 0 Å². The van der Waals surface area contributed by atoms with Crippen LogP contribution in [-0.4, -0.2) is 46.1 Å². The van der Waals surface area contributed by atoms with E-state index in [0.29, 0.717) is 35.4 Å². The Balaban J connectivity index is 1.42.